The van der Waals surface area contributed by atoms with Crippen LogP contribution in [0.5, 0.6) is 0 Å². The van der Waals surface area contributed by atoms with Crippen molar-refractivity contribution in [3.05, 3.63) is 191 Å². The Morgan fingerprint density at radius 1 is 0.443 bits per heavy atom. The maximum Gasteiger partial charge on any atom is 0.167 e. The van der Waals surface area contributed by atoms with Crippen LogP contribution in [0.2, 0.25) is 0 Å². The van der Waals surface area contributed by atoms with E-state index in [9.17, 15) is 0 Å². The summed E-state index contributed by atoms with van der Waals surface area (Å²) in [5, 5.41) is 23.5. The molecule has 5 aromatic heterocycles. The molecule has 0 spiro atoms. The molecule has 0 amide bonds. The average Bonchev–Trinajstić information content (AvgIpc) is 4.26. The second kappa shape index (κ2) is 23.9. The molecule has 10 nitrogen and oxygen atoms in total. The van der Waals surface area contributed by atoms with Crippen molar-refractivity contribution in [3.63, 3.8) is 0 Å². The van der Waals surface area contributed by atoms with Crippen molar-refractivity contribution < 1.29 is 4.52 Å². The number of fused-ring (bicyclic) bond motifs is 6. The summed E-state index contributed by atoms with van der Waals surface area (Å²) in [6.07, 6.45) is 11.0. The Morgan fingerprint density at radius 3 is 1.61 bits per heavy atom. The Labute approximate surface area is 473 Å². The van der Waals surface area contributed by atoms with Gasteiger partial charge in [0.25, 0.3) is 0 Å². The van der Waals surface area contributed by atoms with Crippen molar-refractivity contribution in [1.29, 1.82) is 0 Å². The smallest absolute Gasteiger partial charge is 0.167 e. The summed E-state index contributed by atoms with van der Waals surface area (Å²) in [5.41, 5.74) is 16.7. The molecular formula is C68H83N9OS. The van der Waals surface area contributed by atoms with E-state index in [-0.39, 0.29) is 32.5 Å². The fourth-order valence-corrected chi connectivity index (χ4v) is 9.16. The fourth-order valence-electron chi connectivity index (χ4n) is 8.48. The molecule has 0 bridgehead atoms. The van der Waals surface area contributed by atoms with Crippen LogP contribution in [0.15, 0.2) is 167 Å². The van der Waals surface area contributed by atoms with E-state index in [4.69, 9.17) is 4.52 Å². The topological polar surface area (TPSA) is 134 Å². The monoisotopic (exact) mass is 1070 g/mol. The minimum absolute atomic E-state index is 0.168. The third-order valence-corrected chi connectivity index (χ3v) is 14.6. The van der Waals surface area contributed by atoms with E-state index in [0.29, 0.717) is 0 Å². The highest BCUT2D eigenvalue weighted by Crippen LogP contribution is 2.33. The first kappa shape index (κ1) is 59.3. The van der Waals surface area contributed by atoms with Gasteiger partial charge in [-0.2, -0.15) is 19.7 Å². The summed E-state index contributed by atoms with van der Waals surface area (Å²) in [6, 6.07) is 40.7. The van der Waals surface area contributed by atoms with E-state index >= 15 is 0 Å². The zero-order chi connectivity index (χ0) is 57.6. The highest BCUT2D eigenvalue weighted by Gasteiger charge is 2.19. The first-order valence-electron chi connectivity index (χ1n) is 27.4. The average molecular weight is 1070 g/mol. The molecule has 11 aromatic rings. The lowest BCUT2D eigenvalue weighted by Gasteiger charge is -2.19. The quantitative estimate of drug-likeness (QED) is 0.155. The predicted molar refractivity (Wildman–Crippen MR) is 334 cm³/mol. The number of nitrogens with zero attached hydrogens (tertiary/aromatic N) is 7. The number of hydrogen-bond acceptors (Lipinski definition) is 9. The van der Waals surface area contributed by atoms with Crippen molar-refractivity contribution >= 4 is 71.1 Å². The van der Waals surface area contributed by atoms with Crippen LogP contribution in [0.3, 0.4) is 0 Å². The Kier molecular flexibility index (Phi) is 18.0. The molecule has 0 unspecified atom stereocenters. The van der Waals surface area contributed by atoms with Gasteiger partial charge in [-0.05, 0) is 150 Å². The van der Waals surface area contributed by atoms with Crippen LogP contribution in [0.25, 0.3) is 53.9 Å². The van der Waals surface area contributed by atoms with Gasteiger partial charge in [0.1, 0.15) is 0 Å². The standard InChI is InChI=1S/C12H14N2.C12H15N.2C11H14N2.C11H13NO.C11H13NS/c1-12(2,3)9-4-5-10-11(8-9)14-7-6-13-10;1-12(2,3)10-4-5-11-9(8-10)6-7-13-11;2*1-11(2,3)9-4-5-10-8(6-9)7-12-13-10;2*1-11(2,3)9-5-4-8-7-12-13-10(8)6-9/h4-8H,1-3H3;4-8,13H,1-3H3;4-6H,7H2,1-3H3;4-7H,1-3H3,(H,12,13);2*4-7H,1-3H3. The molecule has 412 valence electrons. The van der Waals surface area contributed by atoms with Gasteiger partial charge in [0, 0.05) is 52.0 Å². The molecule has 6 aromatic carbocycles. The number of rotatable bonds is 0. The van der Waals surface area contributed by atoms with Gasteiger partial charge in [-0.15, -0.1) is 0 Å². The van der Waals surface area contributed by atoms with E-state index in [1.165, 1.54) is 65.3 Å². The van der Waals surface area contributed by atoms with Crippen molar-refractivity contribution in [2.45, 2.75) is 164 Å². The number of aromatic amines is 2. The van der Waals surface area contributed by atoms with E-state index in [2.05, 4.69) is 273 Å². The molecule has 2 N–H and O–H groups in total. The first-order chi connectivity index (χ1) is 36.9. The lowest BCUT2D eigenvalue weighted by atomic mass is 9.86. The van der Waals surface area contributed by atoms with E-state index < -0.39 is 0 Å². The number of aromatic nitrogens is 7. The highest BCUT2D eigenvalue weighted by molar-refractivity contribution is 7.13. The highest BCUT2D eigenvalue weighted by atomic mass is 32.1. The van der Waals surface area contributed by atoms with Crippen molar-refractivity contribution in [1.82, 2.24) is 34.7 Å². The summed E-state index contributed by atoms with van der Waals surface area (Å²) < 4.78 is 10.6. The number of H-pyrrole nitrogens is 2. The molecule has 0 saturated carbocycles. The van der Waals surface area contributed by atoms with Crippen molar-refractivity contribution in [2.75, 3.05) is 0 Å². The molecular weight excluding hydrogens is 991 g/mol. The minimum Gasteiger partial charge on any atom is -0.361 e. The second-order valence-electron chi connectivity index (χ2n) is 26.6. The van der Waals surface area contributed by atoms with Gasteiger partial charge < -0.3 is 9.51 Å². The van der Waals surface area contributed by atoms with Gasteiger partial charge in [-0.3, -0.25) is 15.1 Å². The lowest BCUT2D eigenvalue weighted by molar-refractivity contribution is 0.455. The van der Waals surface area contributed by atoms with Crippen LogP contribution in [0.1, 0.15) is 164 Å². The third kappa shape index (κ3) is 16.1. The Morgan fingerprint density at radius 2 is 0.962 bits per heavy atom. The zero-order valence-corrected chi connectivity index (χ0v) is 50.9. The molecule has 0 aliphatic carbocycles. The predicted octanol–water partition coefficient (Wildman–Crippen LogP) is 19.6. The van der Waals surface area contributed by atoms with E-state index in [1.807, 2.05) is 30.7 Å². The van der Waals surface area contributed by atoms with Gasteiger partial charge in [0.15, 0.2) is 5.58 Å². The van der Waals surface area contributed by atoms with Crippen LogP contribution in [-0.4, -0.2) is 34.7 Å². The summed E-state index contributed by atoms with van der Waals surface area (Å²) in [5.74, 6) is 0. The molecule has 1 aliphatic rings. The van der Waals surface area contributed by atoms with Crippen LogP contribution in [0.4, 0.5) is 5.69 Å². The van der Waals surface area contributed by atoms with Crippen LogP contribution in [-0.2, 0) is 39.0 Å². The zero-order valence-electron chi connectivity index (χ0n) is 50.1. The maximum atomic E-state index is 5.10. The second-order valence-corrected chi connectivity index (χ2v) is 27.4. The number of nitrogens with one attached hydrogen (secondary N) is 2. The maximum absolute atomic E-state index is 5.10. The first-order valence-corrected chi connectivity index (χ1v) is 28.1. The number of benzene rings is 6. The SMILES string of the molecule is CC(C)(C)c1ccc2[nH]ccc2c1.CC(C)(C)c1ccc2[nH]ncc2c1.CC(C)(C)c1ccc2c(c1)CN=N2.CC(C)(C)c1ccc2cnoc2c1.CC(C)(C)c1ccc2cnsc2c1.CC(C)(C)c1ccc2nccnc2c1. The molecule has 0 radical (unpaired) electrons. The minimum atomic E-state index is 0.168. The van der Waals surface area contributed by atoms with E-state index in [1.54, 1.807) is 30.1 Å². The summed E-state index contributed by atoms with van der Waals surface area (Å²) >= 11 is 1.57. The lowest BCUT2D eigenvalue weighted by Crippen LogP contribution is -2.10. The summed E-state index contributed by atoms with van der Waals surface area (Å²) in [6.45, 7) is 40.6. The van der Waals surface area contributed by atoms with Crippen molar-refractivity contribution in [3.8, 4) is 0 Å². The van der Waals surface area contributed by atoms with Crippen LogP contribution in [0, 0.1) is 0 Å². The Balaban J connectivity index is 0.000000137. The molecule has 79 heavy (non-hydrogen) atoms. The number of hydrogen-bond donors (Lipinski definition) is 2. The van der Waals surface area contributed by atoms with Gasteiger partial charge in [0.2, 0.25) is 0 Å². The molecule has 1 aliphatic heterocycles. The van der Waals surface area contributed by atoms with Crippen molar-refractivity contribution in [2.24, 2.45) is 10.2 Å². The molecule has 11 heteroatoms. The summed E-state index contributed by atoms with van der Waals surface area (Å²) in [4.78, 5) is 11.7. The summed E-state index contributed by atoms with van der Waals surface area (Å²) in [7, 11) is 0. The largest absolute Gasteiger partial charge is 0.361 e. The van der Waals surface area contributed by atoms with Gasteiger partial charge in [-0.1, -0.05) is 178 Å². The molecule has 0 fully saturated rings. The Bertz CT molecular complexity index is 3460. The van der Waals surface area contributed by atoms with Gasteiger partial charge in [0.05, 0.1) is 45.9 Å². The Hall–Kier alpha value is -7.37. The molecule has 0 saturated heterocycles. The third-order valence-electron chi connectivity index (χ3n) is 13.9. The van der Waals surface area contributed by atoms with Crippen LogP contribution >= 0.6 is 11.5 Å². The van der Waals surface area contributed by atoms with E-state index in [0.717, 1.165) is 39.8 Å². The van der Waals surface area contributed by atoms with Crippen LogP contribution < -0.4 is 0 Å². The molecule has 12 rings (SSSR count). The normalized spacial score (nSPS) is 12.6. The molecule has 0 atom stereocenters. The fraction of sp³-hybridized carbons (Fsp3) is 0.368. The van der Waals surface area contributed by atoms with Gasteiger partial charge >= 0.3 is 0 Å². The molecule has 6 heterocycles. The number of azo groups is 1. The van der Waals surface area contributed by atoms with Gasteiger partial charge in [-0.25, -0.2) is 0 Å².